The lowest BCUT2D eigenvalue weighted by molar-refractivity contribution is -0.142. The first kappa shape index (κ1) is 32.2. The zero-order valence-corrected chi connectivity index (χ0v) is 25.5. The molecule has 3 rings (SSSR count). The molecule has 1 aliphatic rings. The number of benzene rings is 2. The van der Waals surface area contributed by atoms with E-state index in [2.05, 4.69) is 18.3 Å². The van der Waals surface area contributed by atoms with E-state index < -0.39 is 12.0 Å². The molecule has 220 valence electrons. The largest absolute Gasteiger partial charge is 0.467 e. The Balaban J connectivity index is 1.82. The summed E-state index contributed by atoms with van der Waals surface area (Å²) < 4.78 is 17.3. The van der Waals surface area contributed by atoms with Gasteiger partial charge in [0, 0.05) is 12.2 Å². The Morgan fingerprint density at radius 3 is 2.55 bits per heavy atom. The van der Waals surface area contributed by atoms with Crippen LogP contribution in [0.5, 0.6) is 0 Å². The van der Waals surface area contributed by atoms with Crippen LogP contribution in [-0.4, -0.2) is 56.4 Å². The van der Waals surface area contributed by atoms with E-state index >= 15 is 0 Å². The highest BCUT2D eigenvalue weighted by atomic mass is 32.2. The first-order chi connectivity index (χ1) is 19.5. The second-order valence-corrected chi connectivity index (χ2v) is 11.8. The zero-order chi connectivity index (χ0) is 28.7. The van der Waals surface area contributed by atoms with Crippen molar-refractivity contribution in [2.45, 2.75) is 84.0 Å². The van der Waals surface area contributed by atoms with E-state index in [1.54, 1.807) is 11.8 Å². The van der Waals surface area contributed by atoms with Crippen molar-refractivity contribution in [3.63, 3.8) is 0 Å². The van der Waals surface area contributed by atoms with Gasteiger partial charge in [0.2, 0.25) is 0 Å². The third-order valence-electron chi connectivity index (χ3n) is 7.62. The maximum atomic E-state index is 13.5. The molecule has 0 spiro atoms. The minimum Gasteiger partial charge on any atom is -0.467 e. The van der Waals surface area contributed by atoms with Gasteiger partial charge in [-0.3, -0.25) is 4.79 Å². The summed E-state index contributed by atoms with van der Waals surface area (Å²) in [7, 11) is 1.35. The van der Waals surface area contributed by atoms with Crippen molar-refractivity contribution in [3.8, 4) is 11.1 Å². The van der Waals surface area contributed by atoms with E-state index in [0.29, 0.717) is 31.1 Å². The summed E-state index contributed by atoms with van der Waals surface area (Å²) in [5.74, 6) is 0.723. The molecular formula is C33H47NO5S. The van der Waals surface area contributed by atoms with Crippen LogP contribution in [0.3, 0.4) is 0 Å². The molecule has 1 fully saturated rings. The van der Waals surface area contributed by atoms with Crippen molar-refractivity contribution in [2.75, 3.05) is 32.3 Å². The predicted octanol–water partition coefficient (Wildman–Crippen LogP) is 6.97. The number of rotatable bonds is 16. The normalized spacial score (nSPS) is 15.4. The van der Waals surface area contributed by atoms with Gasteiger partial charge in [-0.2, -0.15) is 11.8 Å². The number of ether oxygens (including phenoxy) is 3. The van der Waals surface area contributed by atoms with Gasteiger partial charge in [-0.15, -0.1) is 0 Å². The highest BCUT2D eigenvalue weighted by molar-refractivity contribution is 7.98. The summed E-state index contributed by atoms with van der Waals surface area (Å²) in [6.45, 7) is 5.97. The van der Waals surface area contributed by atoms with Crippen LogP contribution >= 0.6 is 11.8 Å². The Morgan fingerprint density at radius 2 is 1.85 bits per heavy atom. The van der Waals surface area contributed by atoms with Gasteiger partial charge in [-0.25, -0.2) is 4.79 Å². The van der Waals surface area contributed by atoms with Gasteiger partial charge in [0.05, 0.1) is 26.4 Å². The maximum Gasteiger partial charge on any atom is 0.328 e. The zero-order valence-electron chi connectivity index (χ0n) is 24.7. The molecule has 1 aliphatic carbocycles. The summed E-state index contributed by atoms with van der Waals surface area (Å²) >= 11 is 1.63. The van der Waals surface area contributed by atoms with Crippen molar-refractivity contribution in [2.24, 2.45) is 5.92 Å². The second-order valence-electron chi connectivity index (χ2n) is 10.8. The number of hydrogen-bond acceptors (Lipinski definition) is 6. The Bertz CT molecular complexity index is 1070. The van der Waals surface area contributed by atoms with Gasteiger partial charge in [-0.1, -0.05) is 69.4 Å². The van der Waals surface area contributed by atoms with Crippen LogP contribution < -0.4 is 5.32 Å². The fraction of sp³-hybridized carbons (Fsp3) is 0.576. The number of esters is 1. The number of hydrogen-bond donors (Lipinski definition) is 1. The third-order valence-corrected chi connectivity index (χ3v) is 8.27. The maximum absolute atomic E-state index is 13.5. The molecular weight excluding hydrogens is 522 g/mol. The molecule has 1 saturated carbocycles. The van der Waals surface area contributed by atoms with Crippen LogP contribution in [0.4, 0.5) is 0 Å². The van der Waals surface area contributed by atoms with Crippen LogP contribution in [0.2, 0.25) is 0 Å². The topological polar surface area (TPSA) is 73.9 Å². The predicted molar refractivity (Wildman–Crippen MR) is 164 cm³/mol. The van der Waals surface area contributed by atoms with E-state index in [1.807, 2.05) is 49.6 Å². The summed E-state index contributed by atoms with van der Waals surface area (Å²) in [6, 6.07) is 13.2. The van der Waals surface area contributed by atoms with E-state index in [9.17, 15) is 9.59 Å². The highest BCUT2D eigenvalue weighted by Crippen LogP contribution is 2.31. The molecule has 2 aromatic carbocycles. The van der Waals surface area contributed by atoms with Crippen molar-refractivity contribution < 1.29 is 23.8 Å². The van der Waals surface area contributed by atoms with Crippen molar-refractivity contribution in [1.82, 2.24) is 5.32 Å². The summed E-state index contributed by atoms with van der Waals surface area (Å²) in [5.41, 5.74) is 4.42. The van der Waals surface area contributed by atoms with Gasteiger partial charge < -0.3 is 19.5 Å². The molecule has 1 N–H and O–H groups in total. The summed E-state index contributed by atoms with van der Waals surface area (Å²) in [6.07, 6.45) is 11.1. The standard InChI is InChI=1S/C33H47NO5S/c1-5-18-38-23-27(20-25-12-7-6-8-13-25)39-22-26-15-16-29(30(21-26)28-14-10-9-11-24(28)2)32(35)34-31(17-19-40-4)33(36)37-3/h9-11,14-16,21,25,27,31H,5-8,12-13,17-20,22-23H2,1-4H3,(H,34,35)/t27?,31-/m0/s1. The van der Waals surface area contributed by atoms with Crippen molar-refractivity contribution in [1.29, 1.82) is 0 Å². The van der Waals surface area contributed by atoms with E-state index in [-0.39, 0.29) is 12.0 Å². The van der Waals surface area contributed by atoms with Gasteiger partial charge in [0.1, 0.15) is 6.04 Å². The number of nitrogens with one attached hydrogen (secondary N) is 1. The highest BCUT2D eigenvalue weighted by Gasteiger charge is 2.24. The monoisotopic (exact) mass is 569 g/mol. The molecule has 7 heteroatoms. The molecule has 1 amide bonds. The minimum atomic E-state index is -0.693. The molecule has 0 heterocycles. The van der Waals surface area contributed by atoms with Crippen LogP contribution in [-0.2, 0) is 25.6 Å². The number of methoxy groups -OCH3 is 1. The third kappa shape index (κ3) is 9.93. The molecule has 0 saturated heterocycles. The van der Waals surface area contributed by atoms with Gasteiger partial charge in [0.25, 0.3) is 5.91 Å². The lowest BCUT2D eigenvalue weighted by Crippen LogP contribution is -2.42. The van der Waals surface area contributed by atoms with Gasteiger partial charge in [-0.05, 0) is 78.5 Å². The summed E-state index contributed by atoms with van der Waals surface area (Å²) in [4.78, 5) is 25.9. The smallest absolute Gasteiger partial charge is 0.328 e. The average molecular weight is 570 g/mol. The first-order valence-electron chi connectivity index (χ1n) is 14.7. The number of aryl methyl sites for hydroxylation is 1. The molecule has 6 nitrogen and oxygen atoms in total. The fourth-order valence-corrected chi connectivity index (χ4v) is 5.86. The van der Waals surface area contributed by atoms with Crippen molar-refractivity contribution in [3.05, 3.63) is 59.2 Å². The fourth-order valence-electron chi connectivity index (χ4n) is 5.39. The van der Waals surface area contributed by atoms with Crippen molar-refractivity contribution >= 4 is 23.6 Å². The Morgan fingerprint density at radius 1 is 1.07 bits per heavy atom. The van der Waals surface area contributed by atoms with Crippen LogP contribution in [0, 0.1) is 12.8 Å². The Hall–Kier alpha value is -2.35. The molecule has 0 bridgehead atoms. The van der Waals surface area contributed by atoms with Crippen LogP contribution in [0.15, 0.2) is 42.5 Å². The van der Waals surface area contributed by atoms with E-state index in [0.717, 1.165) is 47.5 Å². The van der Waals surface area contributed by atoms with Gasteiger partial charge in [0.15, 0.2) is 0 Å². The molecule has 0 radical (unpaired) electrons. The van der Waals surface area contributed by atoms with E-state index in [4.69, 9.17) is 14.2 Å². The number of thioether (sulfide) groups is 1. The Labute approximate surface area is 244 Å². The molecule has 40 heavy (non-hydrogen) atoms. The summed E-state index contributed by atoms with van der Waals surface area (Å²) in [5, 5.41) is 2.92. The van der Waals surface area contributed by atoms with Crippen LogP contribution in [0.25, 0.3) is 11.1 Å². The average Bonchev–Trinajstić information content (AvgIpc) is 2.98. The lowest BCUT2D eigenvalue weighted by Gasteiger charge is -2.27. The molecule has 2 aromatic rings. The van der Waals surface area contributed by atoms with Crippen LogP contribution in [0.1, 0.15) is 79.8 Å². The first-order valence-corrected chi connectivity index (χ1v) is 16.1. The number of amides is 1. The Kier molecular flexibility index (Phi) is 14.0. The SMILES string of the molecule is CCCOCC(CC1CCCCC1)OCc1ccc(C(=O)N[C@@H](CCSC)C(=O)OC)c(-c2ccccc2C)c1. The van der Waals surface area contributed by atoms with E-state index in [1.165, 1.54) is 39.2 Å². The molecule has 0 aliphatic heterocycles. The molecule has 0 aromatic heterocycles. The molecule has 1 unspecified atom stereocenters. The number of carbonyl (C=O) groups excluding carboxylic acids is 2. The second kappa shape index (κ2) is 17.5. The number of carbonyl (C=O) groups is 2. The lowest BCUT2D eigenvalue weighted by atomic mass is 9.85. The van der Waals surface area contributed by atoms with Gasteiger partial charge >= 0.3 is 5.97 Å². The molecule has 2 atom stereocenters. The minimum absolute atomic E-state index is 0.0526. The quantitative estimate of drug-likeness (QED) is 0.174.